The predicted molar refractivity (Wildman–Crippen MR) is 92.2 cm³/mol. The van der Waals surface area contributed by atoms with Gasteiger partial charge in [-0.3, -0.25) is 9.52 Å². The van der Waals surface area contributed by atoms with Gasteiger partial charge in [0.15, 0.2) is 0 Å². The molecule has 2 rings (SSSR count). The molecule has 1 aromatic carbocycles. The number of anilines is 1. The number of ether oxygens (including phenoxy) is 3. The van der Waals surface area contributed by atoms with Crippen LogP contribution in [-0.2, 0) is 19.6 Å². The van der Waals surface area contributed by atoms with Crippen LogP contribution in [0.4, 0.5) is 5.69 Å². The predicted octanol–water partition coefficient (Wildman–Crippen LogP) is 0.855. The average molecular weight is 394 g/mol. The summed E-state index contributed by atoms with van der Waals surface area (Å²) < 4.78 is 42.7. The fraction of sp³-hybridized carbons (Fsp3) is 0.500. The SMILES string of the molecule is CCOC(=O)C1CC(S(=O)(=O)Nc2cc(Cl)c(OC)cc2OC)NN1. The van der Waals surface area contributed by atoms with Crippen molar-refractivity contribution < 1.29 is 27.4 Å². The van der Waals surface area contributed by atoms with E-state index in [-0.39, 0.29) is 29.5 Å². The summed E-state index contributed by atoms with van der Waals surface area (Å²) in [5.41, 5.74) is 5.36. The van der Waals surface area contributed by atoms with E-state index in [1.165, 1.54) is 26.4 Å². The van der Waals surface area contributed by atoms with Crippen molar-refractivity contribution >= 4 is 33.3 Å². The molecule has 2 unspecified atom stereocenters. The van der Waals surface area contributed by atoms with Crippen LogP contribution in [-0.4, -0.2) is 46.6 Å². The number of carbonyl (C=O) groups excluding carboxylic acids is 1. The number of carbonyl (C=O) groups is 1. The van der Waals surface area contributed by atoms with Crippen molar-refractivity contribution in [3.05, 3.63) is 17.2 Å². The maximum Gasteiger partial charge on any atom is 0.324 e. The van der Waals surface area contributed by atoms with E-state index in [4.69, 9.17) is 25.8 Å². The summed E-state index contributed by atoms with van der Waals surface area (Å²) in [6, 6.07) is 2.12. The summed E-state index contributed by atoms with van der Waals surface area (Å²) in [7, 11) is -1.04. The van der Waals surface area contributed by atoms with Crippen molar-refractivity contribution in [2.45, 2.75) is 24.8 Å². The highest BCUT2D eigenvalue weighted by Gasteiger charge is 2.38. The summed E-state index contributed by atoms with van der Waals surface area (Å²) in [6.45, 7) is 1.89. The summed E-state index contributed by atoms with van der Waals surface area (Å²) in [6.07, 6.45) is 0.0143. The minimum Gasteiger partial charge on any atom is -0.495 e. The molecule has 1 heterocycles. The molecular weight excluding hydrogens is 374 g/mol. The van der Waals surface area contributed by atoms with Crippen molar-refractivity contribution in [1.29, 1.82) is 0 Å². The van der Waals surface area contributed by atoms with Crippen LogP contribution in [0.5, 0.6) is 11.5 Å². The fourth-order valence-electron chi connectivity index (χ4n) is 2.29. The van der Waals surface area contributed by atoms with E-state index in [9.17, 15) is 13.2 Å². The second kappa shape index (κ2) is 8.09. The zero-order valence-corrected chi connectivity index (χ0v) is 15.5. The van der Waals surface area contributed by atoms with Crippen LogP contribution in [0.1, 0.15) is 13.3 Å². The Bertz CT molecular complexity index is 742. The first kappa shape index (κ1) is 19.6. The average Bonchev–Trinajstić information content (AvgIpc) is 3.06. The van der Waals surface area contributed by atoms with Crippen LogP contribution in [0, 0.1) is 0 Å². The van der Waals surface area contributed by atoms with Crippen molar-refractivity contribution in [2.24, 2.45) is 0 Å². The van der Waals surface area contributed by atoms with Gasteiger partial charge in [0, 0.05) is 12.5 Å². The lowest BCUT2D eigenvalue weighted by Crippen LogP contribution is -2.41. The van der Waals surface area contributed by atoms with Crippen LogP contribution in [0.15, 0.2) is 12.1 Å². The Balaban J connectivity index is 2.17. The number of sulfonamides is 1. The number of halogens is 1. The Morgan fingerprint density at radius 2 is 1.96 bits per heavy atom. The van der Waals surface area contributed by atoms with Gasteiger partial charge in [-0.15, -0.1) is 0 Å². The van der Waals surface area contributed by atoms with Gasteiger partial charge in [-0.05, 0) is 13.0 Å². The molecule has 140 valence electrons. The molecule has 0 aliphatic carbocycles. The lowest BCUT2D eigenvalue weighted by Gasteiger charge is -2.17. The maximum absolute atomic E-state index is 12.6. The summed E-state index contributed by atoms with van der Waals surface area (Å²) in [5.74, 6) is 0.0833. The van der Waals surface area contributed by atoms with Crippen LogP contribution < -0.4 is 25.0 Å². The molecule has 1 aromatic rings. The molecule has 1 aliphatic rings. The Morgan fingerprint density at radius 1 is 1.28 bits per heavy atom. The quantitative estimate of drug-likeness (QED) is 0.584. The zero-order valence-electron chi connectivity index (χ0n) is 14.0. The Labute approximate surface area is 151 Å². The molecule has 0 amide bonds. The highest BCUT2D eigenvalue weighted by Crippen LogP contribution is 2.36. The van der Waals surface area contributed by atoms with Gasteiger partial charge >= 0.3 is 5.97 Å². The normalized spacial score (nSPS) is 20.2. The van der Waals surface area contributed by atoms with E-state index in [1.807, 2.05) is 0 Å². The van der Waals surface area contributed by atoms with Gasteiger partial charge < -0.3 is 14.2 Å². The number of esters is 1. The van der Waals surface area contributed by atoms with Gasteiger partial charge in [-0.1, -0.05) is 11.6 Å². The molecule has 0 saturated carbocycles. The Morgan fingerprint density at radius 3 is 2.56 bits per heavy atom. The first-order valence-electron chi connectivity index (χ1n) is 7.43. The minimum atomic E-state index is -3.87. The molecule has 1 aliphatic heterocycles. The van der Waals surface area contributed by atoms with E-state index < -0.39 is 27.4 Å². The topological polar surface area (TPSA) is 115 Å². The maximum atomic E-state index is 12.6. The number of rotatable bonds is 7. The summed E-state index contributed by atoms with van der Waals surface area (Å²) in [5, 5.41) is -0.810. The molecular formula is C14H20ClN3O6S. The minimum absolute atomic E-state index is 0.0143. The molecule has 0 bridgehead atoms. The number of nitrogens with one attached hydrogen (secondary N) is 3. The number of hydrogen-bond donors (Lipinski definition) is 3. The third-order valence-corrected chi connectivity index (χ3v) is 5.40. The zero-order chi connectivity index (χ0) is 18.6. The molecule has 2 atom stereocenters. The van der Waals surface area contributed by atoms with Crippen LogP contribution >= 0.6 is 11.6 Å². The molecule has 3 N–H and O–H groups in total. The van der Waals surface area contributed by atoms with Crippen molar-refractivity contribution in [3.8, 4) is 11.5 Å². The lowest BCUT2D eigenvalue weighted by molar-refractivity contribution is -0.145. The summed E-state index contributed by atoms with van der Waals surface area (Å²) in [4.78, 5) is 11.7. The third-order valence-electron chi connectivity index (χ3n) is 3.54. The fourth-order valence-corrected chi connectivity index (χ4v) is 3.81. The van der Waals surface area contributed by atoms with E-state index in [2.05, 4.69) is 15.6 Å². The van der Waals surface area contributed by atoms with Gasteiger partial charge in [0.05, 0.1) is 31.5 Å². The third kappa shape index (κ3) is 4.46. The molecule has 11 heteroatoms. The van der Waals surface area contributed by atoms with Crippen molar-refractivity contribution in [2.75, 3.05) is 25.5 Å². The van der Waals surface area contributed by atoms with Gasteiger partial charge in [-0.2, -0.15) is 0 Å². The van der Waals surface area contributed by atoms with E-state index in [0.29, 0.717) is 5.75 Å². The monoisotopic (exact) mass is 393 g/mol. The van der Waals surface area contributed by atoms with E-state index in [1.54, 1.807) is 6.92 Å². The van der Waals surface area contributed by atoms with Crippen molar-refractivity contribution in [1.82, 2.24) is 10.9 Å². The Kier molecular flexibility index (Phi) is 6.33. The molecule has 1 fully saturated rings. The first-order valence-corrected chi connectivity index (χ1v) is 9.35. The molecule has 9 nitrogen and oxygen atoms in total. The van der Waals surface area contributed by atoms with Gasteiger partial charge in [0.1, 0.15) is 22.9 Å². The van der Waals surface area contributed by atoms with Crippen LogP contribution in [0.25, 0.3) is 0 Å². The number of hydrogen-bond acceptors (Lipinski definition) is 8. The van der Waals surface area contributed by atoms with Crippen LogP contribution in [0.2, 0.25) is 5.02 Å². The standard InChI is InChI=1S/C14H20ClN3O6S/c1-4-24-14(19)10-6-13(17-16-10)25(20,21)18-9-5-8(15)11(22-2)7-12(9)23-3/h5,7,10,13,16-18H,4,6H2,1-3H3. The largest absolute Gasteiger partial charge is 0.495 e. The highest BCUT2D eigenvalue weighted by atomic mass is 35.5. The number of hydrazine groups is 1. The second-order valence-corrected chi connectivity index (χ2v) is 7.42. The molecule has 0 radical (unpaired) electrons. The van der Waals surface area contributed by atoms with Gasteiger partial charge in [-0.25, -0.2) is 19.3 Å². The summed E-state index contributed by atoms with van der Waals surface area (Å²) >= 11 is 6.04. The van der Waals surface area contributed by atoms with E-state index >= 15 is 0 Å². The molecule has 0 aromatic heterocycles. The molecule has 25 heavy (non-hydrogen) atoms. The van der Waals surface area contributed by atoms with Crippen LogP contribution in [0.3, 0.4) is 0 Å². The highest BCUT2D eigenvalue weighted by molar-refractivity contribution is 7.93. The number of benzene rings is 1. The van der Waals surface area contributed by atoms with Crippen molar-refractivity contribution in [3.63, 3.8) is 0 Å². The molecule has 0 spiro atoms. The van der Waals surface area contributed by atoms with Gasteiger partial charge in [0.2, 0.25) is 10.0 Å². The number of methoxy groups -OCH3 is 2. The van der Waals surface area contributed by atoms with Gasteiger partial charge in [0.25, 0.3) is 0 Å². The lowest BCUT2D eigenvalue weighted by atomic mass is 10.2. The van der Waals surface area contributed by atoms with E-state index in [0.717, 1.165) is 0 Å². The molecule has 1 saturated heterocycles. The smallest absolute Gasteiger partial charge is 0.324 e. The Hall–Kier alpha value is -1.75. The first-order chi connectivity index (χ1) is 11.8. The second-order valence-electron chi connectivity index (χ2n) is 5.15.